The predicted molar refractivity (Wildman–Crippen MR) is 131 cm³/mol. The number of rotatable bonds is 2. The van der Waals surface area contributed by atoms with Crippen molar-refractivity contribution in [3.63, 3.8) is 0 Å². The van der Waals surface area contributed by atoms with Crippen LogP contribution in [0.4, 0.5) is 5.69 Å². The summed E-state index contributed by atoms with van der Waals surface area (Å²) in [5, 5.41) is 6.16. The predicted octanol–water partition coefficient (Wildman–Crippen LogP) is 2.99. The number of aryl methyl sites for hydroxylation is 1. The minimum atomic E-state index is -0.856. The van der Waals surface area contributed by atoms with Crippen molar-refractivity contribution in [2.24, 2.45) is 0 Å². The first-order chi connectivity index (χ1) is 16.8. The van der Waals surface area contributed by atoms with E-state index in [1.54, 1.807) is 31.3 Å². The molecule has 5 rings (SSSR count). The molecule has 1 aromatic carbocycles. The maximum atomic E-state index is 13.4. The molecule has 2 aromatic rings. The fourth-order valence-corrected chi connectivity index (χ4v) is 4.65. The number of nitrogens with zero attached hydrogens (tertiary/aromatic N) is 1. The number of amides is 3. The minimum Gasteiger partial charge on any atom is -0.490 e. The molecular formula is C25H27ClN4O5. The number of aromatic amines is 1. The van der Waals surface area contributed by atoms with E-state index in [2.05, 4.69) is 15.6 Å². The van der Waals surface area contributed by atoms with Crippen molar-refractivity contribution in [2.75, 3.05) is 32.1 Å². The van der Waals surface area contributed by atoms with Crippen LogP contribution in [0.15, 0.2) is 18.2 Å². The summed E-state index contributed by atoms with van der Waals surface area (Å²) in [6, 6.07) is 5.22. The molecule has 9 nitrogen and oxygen atoms in total. The van der Waals surface area contributed by atoms with Crippen LogP contribution in [0, 0.1) is 6.92 Å². The molecule has 0 spiro atoms. The van der Waals surface area contributed by atoms with E-state index >= 15 is 0 Å². The highest BCUT2D eigenvalue weighted by molar-refractivity contribution is 6.37. The van der Waals surface area contributed by atoms with Crippen LogP contribution in [0.1, 0.15) is 46.6 Å². The van der Waals surface area contributed by atoms with Gasteiger partial charge in [0.1, 0.15) is 12.4 Å². The first-order valence-corrected chi connectivity index (χ1v) is 12.0. The van der Waals surface area contributed by atoms with Crippen LogP contribution in [-0.2, 0) is 14.3 Å². The van der Waals surface area contributed by atoms with Gasteiger partial charge in [0.15, 0.2) is 6.10 Å². The highest BCUT2D eigenvalue weighted by Gasteiger charge is 2.31. The number of likely N-dealkylation sites (N-methyl/N-ethyl adjacent to an activating group) is 1. The second-order valence-corrected chi connectivity index (χ2v) is 9.56. The molecule has 35 heavy (non-hydrogen) atoms. The van der Waals surface area contributed by atoms with Crippen molar-refractivity contribution < 1.29 is 23.9 Å². The van der Waals surface area contributed by atoms with Gasteiger partial charge in [-0.05, 0) is 50.5 Å². The third-order valence-electron chi connectivity index (χ3n) is 6.55. The third kappa shape index (κ3) is 4.66. The molecule has 1 aliphatic carbocycles. The second kappa shape index (κ2) is 9.39. The average Bonchev–Trinajstić information content (AvgIpc) is 3.30. The van der Waals surface area contributed by atoms with Crippen molar-refractivity contribution in [1.82, 2.24) is 15.2 Å². The first kappa shape index (κ1) is 23.4. The Hall–Kier alpha value is -3.30. The lowest BCUT2D eigenvalue weighted by Gasteiger charge is -2.30. The number of nitrogens with one attached hydrogen (secondary N) is 3. The molecule has 2 aliphatic heterocycles. The summed E-state index contributed by atoms with van der Waals surface area (Å²) in [5.41, 5.74) is 3.26. The summed E-state index contributed by atoms with van der Waals surface area (Å²) < 4.78 is 11.7. The molecule has 1 fully saturated rings. The van der Waals surface area contributed by atoms with E-state index in [0.717, 1.165) is 25.0 Å². The van der Waals surface area contributed by atoms with E-state index in [0.29, 0.717) is 38.9 Å². The molecule has 2 bridgehead atoms. The molecule has 0 saturated heterocycles. The highest BCUT2D eigenvalue weighted by Crippen LogP contribution is 2.40. The fraction of sp³-hybridized carbons (Fsp3) is 0.400. The zero-order chi connectivity index (χ0) is 24.7. The number of ether oxygens (including phenoxy) is 2. The molecular weight excluding hydrogens is 472 g/mol. The lowest BCUT2D eigenvalue weighted by atomic mass is 9.93. The second-order valence-electron chi connectivity index (χ2n) is 9.15. The number of H-pyrrole nitrogens is 1. The number of carbonyl (C=O) groups is 3. The summed E-state index contributed by atoms with van der Waals surface area (Å²) in [6.45, 7) is 2.16. The third-order valence-corrected chi connectivity index (χ3v) is 6.84. The van der Waals surface area contributed by atoms with Crippen molar-refractivity contribution in [3.8, 4) is 5.75 Å². The van der Waals surface area contributed by atoms with Crippen molar-refractivity contribution in [3.05, 3.63) is 45.7 Å². The van der Waals surface area contributed by atoms with E-state index in [4.69, 9.17) is 21.1 Å². The Kier molecular flexibility index (Phi) is 6.29. The molecule has 1 saturated carbocycles. The summed E-state index contributed by atoms with van der Waals surface area (Å²) >= 11 is 6.38. The van der Waals surface area contributed by atoms with Crippen LogP contribution < -0.4 is 15.4 Å². The number of aromatic nitrogens is 1. The van der Waals surface area contributed by atoms with Crippen LogP contribution in [0.3, 0.4) is 0 Å². The summed E-state index contributed by atoms with van der Waals surface area (Å²) in [4.78, 5) is 43.7. The van der Waals surface area contributed by atoms with Gasteiger partial charge in [0.2, 0.25) is 0 Å². The highest BCUT2D eigenvalue weighted by atomic mass is 35.5. The van der Waals surface area contributed by atoms with Crippen LogP contribution in [0.2, 0.25) is 5.02 Å². The monoisotopic (exact) mass is 498 g/mol. The van der Waals surface area contributed by atoms with Gasteiger partial charge in [0.25, 0.3) is 17.7 Å². The summed E-state index contributed by atoms with van der Waals surface area (Å²) in [6.07, 6.45) is 3.78. The number of benzene rings is 1. The van der Waals surface area contributed by atoms with Crippen LogP contribution in [0.25, 0.3) is 11.6 Å². The first-order valence-electron chi connectivity index (χ1n) is 11.7. The van der Waals surface area contributed by atoms with Gasteiger partial charge < -0.3 is 30.0 Å². The SMILES string of the molecule is Cc1cc2c([nH]1)/C=C1\C(=O)Nc3cc(Cl)c(cc31)OCCO[C@@H](C(=O)NC1CCC1)CN(C)C2=O. The van der Waals surface area contributed by atoms with Gasteiger partial charge in [-0.2, -0.15) is 0 Å². The summed E-state index contributed by atoms with van der Waals surface area (Å²) in [7, 11) is 1.63. The lowest BCUT2D eigenvalue weighted by Crippen LogP contribution is -2.50. The Morgan fingerprint density at radius 3 is 2.71 bits per heavy atom. The Morgan fingerprint density at radius 1 is 1.17 bits per heavy atom. The van der Waals surface area contributed by atoms with Crippen LogP contribution >= 0.6 is 11.6 Å². The van der Waals surface area contributed by atoms with Crippen molar-refractivity contribution in [2.45, 2.75) is 38.3 Å². The standard InChI is InChI=1S/C25H27ClN4O5/c1-13-8-17-19(27-13)9-16-15-10-21(18(26)11-20(15)29-23(16)31)34-6-7-35-22(12-30(2)25(17)33)24(32)28-14-4-3-5-14/h8-11,14,22,27H,3-7,12H2,1-2H3,(H,28,32)(H,29,31)/b16-9-/t22-/m1/s1. The molecule has 1 aromatic heterocycles. The Morgan fingerprint density at radius 2 is 1.97 bits per heavy atom. The molecule has 0 radical (unpaired) electrons. The minimum absolute atomic E-state index is 0.0662. The van der Waals surface area contributed by atoms with E-state index in [-0.39, 0.29) is 43.5 Å². The van der Waals surface area contributed by atoms with Gasteiger partial charge in [-0.1, -0.05) is 11.6 Å². The van der Waals surface area contributed by atoms with Crippen LogP contribution in [0.5, 0.6) is 5.75 Å². The van der Waals surface area contributed by atoms with E-state index in [1.165, 1.54) is 4.90 Å². The zero-order valence-corrected chi connectivity index (χ0v) is 20.3. The van der Waals surface area contributed by atoms with Crippen molar-refractivity contribution in [1.29, 1.82) is 0 Å². The molecule has 184 valence electrons. The normalized spacial score (nSPS) is 22.1. The van der Waals surface area contributed by atoms with Gasteiger partial charge in [-0.15, -0.1) is 0 Å². The Balaban J connectivity index is 1.52. The molecule has 3 aliphatic rings. The molecule has 3 N–H and O–H groups in total. The largest absolute Gasteiger partial charge is 0.490 e. The van der Waals surface area contributed by atoms with Gasteiger partial charge in [-0.3, -0.25) is 14.4 Å². The average molecular weight is 499 g/mol. The lowest BCUT2D eigenvalue weighted by molar-refractivity contribution is -0.135. The fourth-order valence-electron chi connectivity index (χ4n) is 4.43. The molecule has 1 atom stereocenters. The van der Waals surface area contributed by atoms with E-state index in [1.807, 2.05) is 6.92 Å². The van der Waals surface area contributed by atoms with Crippen molar-refractivity contribution >= 4 is 46.7 Å². The van der Waals surface area contributed by atoms with E-state index < -0.39 is 6.10 Å². The van der Waals surface area contributed by atoms with Gasteiger partial charge in [-0.25, -0.2) is 0 Å². The number of hydrogen-bond acceptors (Lipinski definition) is 5. The topological polar surface area (TPSA) is 113 Å². The quantitative estimate of drug-likeness (QED) is 0.589. The number of hydrogen-bond donors (Lipinski definition) is 3. The molecule has 0 unspecified atom stereocenters. The maximum absolute atomic E-state index is 13.4. The van der Waals surface area contributed by atoms with Crippen LogP contribution in [-0.4, -0.2) is 66.6 Å². The number of fused-ring (bicyclic) bond motifs is 2. The number of anilines is 1. The Labute approximate surface area is 207 Å². The molecule has 10 heteroatoms. The Bertz CT molecular complexity index is 1230. The van der Waals surface area contributed by atoms with Gasteiger partial charge in [0, 0.05) is 24.3 Å². The summed E-state index contributed by atoms with van der Waals surface area (Å²) in [5.74, 6) is -0.430. The van der Waals surface area contributed by atoms with E-state index in [9.17, 15) is 14.4 Å². The molecule has 3 amide bonds. The zero-order valence-electron chi connectivity index (χ0n) is 19.6. The van der Waals surface area contributed by atoms with Gasteiger partial charge >= 0.3 is 0 Å². The number of carbonyl (C=O) groups excluding carboxylic acids is 3. The smallest absolute Gasteiger partial charge is 0.256 e. The van der Waals surface area contributed by atoms with Gasteiger partial charge in [0.05, 0.1) is 40.7 Å². The molecule has 3 heterocycles. The maximum Gasteiger partial charge on any atom is 0.256 e. The number of halogens is 1.